The van der Waals surface area contributed by atoms with Gasteiger partial charge in [0, 0.05) is 30.9 Å². The molecular weight excluding hydrogens is 396 g/mol. The molecule has 0 aliphatic carbocycles. The highest BCUT2D eigenvalue weighted by Gasteiger charge is 2.30. The van der Waals surface area contributed by atoms with Gasteiger partial charge in [0.1, 0.15) is 11.5 Å². The van der Waals surface area contributed by atoms with E-state index in [1.165, 1.54) is 17.4 Å². The average Bonchev–Trinajstić information content (AvgIpc) is 3.05. The highest BCUT2D eigenvalue weighted by atomic mass is 35.5. The summed E-state index contributed by atoms with van der Waals surface area (Å²) in [5, 5.41) is 2.52. The topological polar surface area (TPSA) is 59.2 Å². The van der Waals surface area contributed by atoms with Crippen LogP contribution < -0.4 is 5.73 Å². The Labute approximate surface area is 169 Å². The molecule has 2 aromatic rings. The molecule has 8 heteroatoms. The van der Waals surface area contributed by atoms with Gasteiger partial charge in [-0.1, -0.05) is 25.1 Å². The van der Waals surface area contributed by atoms with Crippen LogP contribution in [0, 0.1) is 11.7 Å². The summed E-state index contributed by atoms with van der Waals surface area (Å²) in [7, 11) is 0. The second-order valence-corrected chi connectivity index (χ2v) is 7.35. The van der Waals surface area contributed by atoms with Crippen molar-refractivity contribution in [1.29, 1.82) is 0 Å². The number of carbonyl (C=O) groups excluding carboxylic acids is 1. The number of carbonyl (C=O) groups is 1. The molecule has 1 aliphatic heterocycles. The van der Waals surface area contributed by atoms with Crippen molar-refractivity contribution in [3.8, 4) is 0 Å². The molecule has 26 heavy (non-hydrogen) atoms. The van der Waals surface area contributed by atoms with Crippen LogP contribution in [-0.2, 0) is 6.42 Å². The smallest absolute Gasteiger partial charge is 0.273 e. The van der Waals surface area contributed by atoms with Gasteiger partial charge in [-0.2, -0.15) is 0 Å². The van der Waals surface area contributed by atoms with Crippen molar-refractivity contribution in [2.75, 3.05) is 13.1 Å². The maximum absolute atomic E-state index is 13.8. The van der Waals surface area contributed by atoms with E-state index in [0.717, 1.165) is 24.4 Å². The molecule has 0 spiro atoms. The number of hydrogen-bond acceptors (Lipinski definition) is 4. The number of nitrogens with two attached hydrogens (primary N) is 1. The maximum atomic E-state index is 13.8. The minimum Gasteiger partial charge on any atom is -0.333 e. The van der Waals surface area contributed by atoms with Crippen LogP contribution >= 0.6 is 36.2 Å². The van der Waals surface area contributed by atoms with Crippen LogP contribution in [-0.4, -0.2) is 34.9 Å². The fourth-order valence-corrected chi connectivity index (χ4v) is 3.98. The lowest BCUT2D eigenvalue weighted by atomic mass is 9.92. The number of nitrogens with zero attached hydrogens (tertiary/aromatic N) is 2. The van der Waals surface area contributed by atoms with Crippen molar-refractivity contribution in [3.63, 3.8) is 0 Å². The second-order valence-electron chi connectivity index (χ2n) is 6.41. The normalized spacial score (nSPS) is 19.4. The Balaban J connectivity index is 0.00000169. The van der Waals surface area contributed by atoms with Gasteiger partial charge in [0.15, 0.2) is 0 Å². The first kappa shape index (κ1) is 22.8. The second kappa shape index (κ2) is 10.2. The van der Waals surface area contributed by atoms with E-state index >= 15 is 0 Å². The first-order valence-corrected chi connectivity index (χ1v) is 9.15. The van der Waals surface area contributed by atoms with E-state index in [9.17, 15) is 9.18 Å². The van der Waals surface area contributed by atoms with Gasteiger partial charge in [0.25, 0.3) is 5.91 Å². The van der Waals surface area contributed by atoms with Gasteiger partial charge in [-0.15, -0.1) is 36.2 Å². The van der Waals surface area contributed by atoms with Gasteiger partial charge in [0.2, 0.25) is 0 Å². The van der Waals surface area contributed by atoms with E-state index in [1.807, 2.05) is 4.90 Å². The van der Waals surface area contributed by atoms with Crippen molar-refractivity contribution >= 4 is 42.1 Å². The molecule has 1 aliphatic rings. The van der Waals surface area contributed by atoms with Crippen molar-refractivity contribution in [1.82, 2.24) is 9.88 Å². The number of thiazole rings is 1. The highest BCUT2D eigenvalue weighted by molar-refractivity contribution is 7.09. The zero-order chi connectivity index (χ0) is 17.1. The number of piperidine rings is 1. The Morgan fingerprint density at radius 2 is 2.12 bits per heavy atom. The first-order chi connectivity index (χ1) is 11.6. The van der Waals surface area contributed by atoms with E-state index in [0.29, 0.717) is 30.1 Å². The fourth-order valence-electron chi connectivity index (χ4n) is 3.18. The first-order valence-electron chi connectivity index (χ1n) is 8.27. The molecule has 3 rings (SSSR count). The molecular formula is C18H24Cl2FN3OS. The summed E-state index contributed by atoms with van der Waals surface area (Å²) >= 11 is 1.40. The lowest BCUT2D eigenvalue weighted by Gasteiger charge is -2.37. The number of benzene rings is 1. The van der Waals surface area contributed by atoms with E-state index in [2.05, 4.69) is 11.9 Å². The number of halogens is 3. The summed E-state index contributed by atoms with van der Waals surface area (Å²) < 4.78 is 13.8. The van der Waals surface area contributed by atoms with Gasteiger partial charge >= 0.3 is 0 Å². The van der Waals surface area contributed by atoms with Crippen LogP contribution in [0.3, 0.4) is 0 Å². The monoisotopic (exact) mass is 419 g/mol. The molecule has 1 aromatic heterocycles. The molecule has 1 fully saturated rings. The summed E-state index contributed by atoms with van der Waals surface area (Å²) in [6, 6.07) is 6.74. The standard InChI is InChI=1S/C18H22FN3OS.2ClH/c1-12-6-7-22(14(8-12)10-20)18(23)16-11-24-17(21-16)9-13-4-2-3-5-15(13)19;;/h2-5,11-12,14H,6-10,20H2,1H3;2*1H. The summed E-state index contributed by atoms with van der Waals surface area (Å²) in [4.78, 5) is 19.0. The van der Waals surface area contributed by atoms with Crippen molar-refractivity contribution < 1.29 is 9.18 Å². The minimum absolute atomic E-state index is 0. The maximum Gasteiger partial charge on any atom is 0.273 e. The highest BCUT2D eigenvalue weighted by Crippen LogP contribution is 2.25. The molecule has 2 unspecified atom stereocenters. The van der Waals surface area contributed by atoms with Crippen LogP contribution in [0.1, 0.15) is 40.8 Å². The van der Waals surface area contributed by atoms with Crippen molar-refractivity contribution in [2.24, 2.45) is 11.7 Å². The Morgan fingerprint density at radius 1 is 1.38 bits per heavy atom. The van der Waals surface area contributed by atoms with E-state index in [-0.39, 0.29) is 42.6 Å². The molecule has 0 bridgehead atoms. The Morgan fingerprint density at radius 3 is 2.81 bits per heavy atom. The molecule has 1 aromatic carbocycles. The lowest BCUT2D eigenvalue weighted by Crippen LogP contribution is -2.49. The molecule has 1 amide bonds. The van der Waals surface area contributed by atoms with Crippen molar-refractivity contribution in [3.05, 3.63) is 51.7 Å². The van der Waals surface area contributed by atoms with Crippen LogP contribution in [0.4, 0.5) is 4.39 Å². The third kappa shape index (κ3) is 5.16. The van der Waals surface area contributed by atoms with Gasteiger partial charge in [-0.3, -0.25) is 4.79 Å². The molecule has 1 saturated heterocycles. The molecule has 0 radical (unpaired) electrons. The Kier molecular flexibility index (Phi) is 8.96. The van der Waals surface area contributed by atoms with Gasteiger partial charge in [-0.05, 0) is 30.4 Å². The summed E-state index contributed by atoms with van der Waals surface area (Å²) in [5.41, 5.74) is 6.88. The Hall–Kier alpha value is -1.21. The largest absolute Gasteiger partial charge is 0.333 e. The molecule has 2 N–H and O–H groups in total. The molecule has 4 nitrogen and oxygen atoms in total. The fraction of sp³-hybridized carbons (Fsp3) is 0.444. The van der Waals surface area contributed by atoms with E-state index in [1.54, 1.807) is 23.6 Å². The predicted molar refractivity (Wildman–Crippen MR) is 108 cm³/mol. The number of aromatic nitrogens is 1. The van der Waals surface area contributed by atoms with Crippen LogP contribution in [0.15, 0.2) is 29.6 Å². The summed E-state index contributed by atoms with van der Waals surface area (Å²) in [6.07, 6.45) is 2.34. The number of amides is 1. The van der Waals surface area contributed by atoms with Crippen LogP contribution in [0.5, 0.6) is 0 Å². The zero-order valence-corrected chi connectivity index (χ0v) is 17.0. The quantitative estimate of drug-likeness (QED) is 0.816. The number of rotatable bonds is 4. The van der Waals surface area contributed by atoms with Gasteiger partial charge < -0.3 is 10.6 Å². The van der Waals surface area contributed by atoms with Gasteiger partial charge in [0.05, 0.1) is 5.01 Å². The lowest BCUT2D eigenvalue weighted by molar-refractivity contribution is 0.0568. The summed E-state index contributed by atoms with van der Waals surface area (Å²) in [6.45, 7) is 3.39. The zero-order valence-electron chi connectivity index (χ0n) is 14.6. The number of likely N-dealkylation sites (tertiary alicyclic amines) is 1. The van der Waals surface area contributed by atoms with Crippen LogP contribution in [0.2, 0.25) is 0 Å². The van der Waals surface area contributed by atoms with Crippen LogP contribution in [0.25, 0.3) is 0 Å². The summed E-state index contributed by atoms with van der Waals surface area (Å²) in [5.74, 6) is 0.289. The minimum atomic E-state index is -0.242. The van der Waals surface area contributed by atoms with Gasteiger partial charge in [-0.25, -0.2) is 9.37 Å². The molecule has 2 heterocycles. The number of hydrogen-bond donors (Lipinski definition) is 1. The Bertz CT molecular complexity index is 728. The van der Waals surface area contributed by atoms with Crippen molar-refractivity contribution in [2.45, 2.75) is 32.2 Å². The average molecular weight is 420 g/mol. The van der Waals surface area contributed by atoms with E-state index < -0.39 is 0 Å². The molecule has 0 saturated carbocycles. The molecule has 2 atom stereocenters. The SMILES string of the molecule is CC1CCN(C(=O)c2csc(Cc3ccccc3F)n2)C(CN)C1.Cl.Cl. The third-order valence-corrected chi connectivity index (χ3v) is 5.43. The third-order valence-electron chi connectivity index (χ3n) is 4.58. The molecule has 144 valence electrons. The predicted octanol–water partition coefficient (Wildman–Crippen LogP) is 3.92. The van der Waals surface area contributed by atoms with E-state index in [4.69, 9.17) is 5.73 Å².